The van der Waals surface area contributed by atoms with Gasteiger partial charge in [-0.15, -0.1) is 0 Å². The van der Waals surface area contributed by atoms with Crippen LogP contribution >= 0.6 is 0 Å². The van der Waals surface area contributed by atoms with Crippen molar-refractivity contribution in [2.75, 3.05) is 33.4 Å². The van der Waals surface area contributed by atoms with E-state index < -0.39 is 29.8 Å². The monoisotopic (exact) mass is 417 g/mol. The number of alkyl carbamates (subject to hydrolysis) is 1. The molecule has 29 heavy (non-hydrogen) atoms. The molecule has 1 aliphatic rings. The third-order valence-corrected chi connectivity index (χ3v) is 4.20. The molecule has 9 nitrogen and oxygen atoms in total. The van der Waals surface area contributed by atoms with Crippen molar-refractivity contribution >= 4 is 17.9 Å². The highest BCUT2D eigenvalue weighted by Crippen LogP contribution is 2.22. The molecule has 2 N–H and O–H groups in total. The number of carbonyl (C=O) groups excluding carboxylic acids is 3. The van der Waals surface area contributed by atoms with Crippen LogP contribution in [-0.2, 0) is 19.1 Å². The molecule has 1 fully saturated rings. The molecule has 3 amide bonds. The molecule has 1 rings (SSSR count). The summed E-state index contributed by atoms with van der Waals surface area (Å²) in [6.07, 6.45) is -1.12. The van der Waals surface area contributed by atoms with Gasteiger partial charge in [-0.1, -0.05) is 34.6 Å². The van der Waals surface area contributed by atoms with Crippen LogP contribution in [0.3, 0.4) is 0 Å². The van der Waals surface area contributed by atoms with Gasteiger partial charge in [0.15, 0.2) is 0 Å². The number of aliphatic hydroxyl groups is 1. The van der Waals surface area contributed by atoms with E-state index in [1.165, 1.54) is 25.9 Å². The molecule has 1 saturated heterocycles. The van der Waals surface area contributed by atoms with Crippen LogP contribution in [0.2, 0.25) is 0 Å². The summed E-state index contributed by atoms with van der Waals surface area (Å²) in [5.41, 5.74) is -1.68. The molecular weight excluding hydrogens is 378 g/mol. The molecule has 0 spiro atoms. The van der Waals surface area contributed by atoms with Gasteiger partial charge in [0.05, 0.1) is 19.8 Å². The molecule has 0 aliphatic carbocycles. The summed E-state index contributed by atoms with van der Waals surface area (Å²) in [5.74, 6) is -0.691. The maximum atomic E-state index is 12.8. The van der Waals surface area contributed by atoms with Crippen molar-refractivity contribution in [2.45, 2.75) is 72.7 Å². The average molecular weight is 418 g/mol. The van der Waals surface area contributed by atoms with Gasteiger partial charge in [0.25, 0.3) is 5.91 Å². The van der Waals surface area contributed by atoms with Crippen molar-refractivity contribution in [1.82, 2.24) is 15.1 Å². The Kier molecular flexibility index (Phi) is 11.8. The summed E-state index contributed by atoms with van der Waals surface area (Å²) in [6, 6.07) is -0.787. The highest BCUT2D eigenvalue weighted by atomic mass is 16.5. The average Bonchev–Trinajstić information content (AvgIpc) is 2.66. The Bertz CT molecular complexity index is 533. The minimum atomic E-state index is -1.68. The Labute approximate surface area is 174 Å². The van der Waals surface area contributed by atoms with Crippen molar-refractivity contribution in [3.63, 3.8) is 0 Å². The third-order valence-electron chi connectivity index (χ3n) is 4.20. The van der Waals surface area contributed by atoms with Gasteiger partial charge in [0.2, 0.25) is 5.91 Å². The third kappa shape index (κ3) is 8.18. The number of piperazine rings is 1. The summed E-state index contributed by atoms with van der Waals surface area (Å²) < 4.78 is 10.2. The van der Waals surface area contributed by atoms with Gasteiger partial charge in [0.1, 0.15) is 17.8 Å². The van der Waals surface area contributed by atoms with Gasteiger partial charge in [0, 0.05) is 13.7 Å². The second-order valence-electron chi connectivity index (χ2n) is 7.62. The fourth-order valence-electron chi connectivity index (χ4n) is 2.84. The van der Waals surface area contributed by atoms with Crippen LogP contribution in [0.4, 0.5) is 4.79 Å². The number of ether oxygens (including phenoxy) is 2. The van der Waals surface area contributed by atoms with Crippen molar-refractivity contribution in [2.24, 2.45) is 5.92 Å². The lowest BCUT2D eigenvalue weighted by Crippen LogP contribution is -2.70. The minimum absolute atomic E-state index is 0.0945. The molecule has 170 valence electrons. The number of hydrogen-bond acceptors (Lipinski definition) is 6. The van der Waals surface area contributed by atoms with Crippen LogP contribution < -0.4 is 5.32 Å². The fraction of sp³-hybridized carbons (Fsp3) is 0.850. The first-order valence-electron chi connectivity index (χ1n) is 10.3. The zero-order valence-corrected chi connectivity index (χ0v) is 19.2. The van der Waals surface area contributed by atoms with E-state index in [1.54, 1.807) is 11.8 Å². The van der Waals surface area contributed by atoms with Gasteiger partial charge in [-0.05, 0) is 26.2 Å². The van der Waals surface area contributed by atoms with E-state index in [0.717, 1.165) is 0 Å². The number of nitrogens with zero attached hydrogens (tertiary/aromatic N) is 2. The number of carbonyl (C=O) groups is 3. The Morgan fingerprint density at radius 3 is 2.34 bits per heavy atom. The molecule has 2 atom stereocenters. The van der Waals surface area contributed by atoms with E-state index in [1.807, 2.05) is 27.7 Å². The predicted octanol–water partition coefficient (Wildman–Crippen LogP) is 1.59. The molecular formula is C20H39N3O6. The van der Waals surface area contributed by atoms with E-state index >= 15 is 0 Å². The number of methoxy groups -OCH3 is 1. The van der Waals surface area contributed by atoms with Gasteiger partial charge in [-0.3, -0.25) is 14.9 Å². The van der Waals surface area contributed by atoms with Crippen LogP contribution in [0.25, 0.3) is 0 Å². The van der Waals surface area contributed by atoms with Crippen LogP contribution in [0.1, 0.15) is 54.9 Å². The summed E-state index contributed by atoms with van der Waals surface area (Å²) in [4.78, 5) is 40.6. The lowest BCUT2D eigenvalue weighted by Gasteiger charge is -2.47. The quantitative estimate of drug-likeness (QED) is 0.621. The SMILES string of the molecule is CC.CC[C@H]1C(=O)N(CCOC)CC(NC(=O)OCC(C)C)N1C(=O)C(C)(C)O. The zero-order chi connectivity index (χ0) is 22.8. The van der Waals surface area contributed by atoms with Crippen molar-refractivity contribution in [3.05, 3.63) is 0 Å². The number of nitrogens with one attached hydrogen (secondary N) is 1. The largest absolute Gasteiger partial charge is 0.449 e. The highest BCUT2D eigenvalue weighted by molar-refractivity contribution is 5.92. The van der Waals surface area contributed by atoms with E-state index in [0.29, 0.717) is 19.6 Å². The Balaban J connectivity index is 0.00000379. The van der Waals surface area contributed by atoms with Crippen LogP contribution in [0.5, 0.6) is 0 Å². The number of rotatable bonds is 8. The predicted molar refractivity (Wildman–Crippen MR) is 110 cm³/mol. The van der Waals surface area contributed by atoms with Gasteiger partial charge in [-0.2, -0.15) is 0 Å². The van der Waals surface area contributed by atoms with Crippen LogP contribution in [0, 0.1) is 5.92 Å². The number of amides is 3. The number of hydrogen-bond donors (Lipinski definition) is 2. The topological polar surface area (TPSA) is 108 Å². The van der Waals surface area contributed by atoms with E-state index in [-0.39, 0.29) is 25.0 Å². The Morgan fingerprint density at radius 2 is 1.90 bits per heavy atom. The molecule has 0 saturated carbocycles. The van der Waals surface area contributed by atoms with E-state index in [2.05, 4.69) is 5.32 Å². The van der Waals surface area contributed by atoms with Crippen molar-refractivity contribution in [3.8, 4) is 0 Å². The van der Waals surface area contributed by atoms with E-state index in [9.17, 15) is 19.5 Å². The maximum Gasteiger partial charge on any atom is 0.408 e. The standard InChI is InChI=1S/C18H33N3O6.C2H6/c1-7-13-15(22)20(8-9-26-6)10-14(19-17(24)27-11-12(2)3)21(13)16(23)18(4,5)25;1-2/h12-14,25H,7-11H2,1-6H3,(H,19,24);1-2H3/t13-,14?;/m0./s1. The van der Waals surface area contributed by atoms with E-state index in [4.69, 9.17) is 9.47 Å². The Morgan fingerprint density at radius 1 is 1.31 bits per heavy atom. The fourth-order valence-corrected chi connectivity index (χ4v) is 2.84. The highest BCUT2D eigenvalue weighted by Gasteiger charge is 2.46. The van der Waals surface area contributed by atoms with Crippen LogP contribution in [0.15, 0.2) is 0 Å². The zero-order valence-electron chi connectivity index (χ0n) is 19.2. The second kappa shape index (κ2) is 12.6. The molecule has 1 aliphatic heterocycles. The first-order valence-corrected chi connectivity index (χ1v) is 10.3. The molecule has 0 aromatic rings. The van der Waals surface area contributed by atoms with Gasteiger partial charge >= 0.3 is 6.09 Å². The first kappa shape index (κ1) is 27.1. The minimum Gasteiger partial charge on any atom is -0.449 e. The maximum absolute atomic E-state index is 12.8. The molecule has 9 heteroatoms. The summed E-state index contributed by atoms with van der Waals surface area (Å²) >= 11 is 0. The van der Waals surface area contributed by atoms with Crippen LogP contribution in [-0.4, -0.2) is 84.0 Å². The molecule has 0 aromatic heterocycles. The van der Waals surface area contributed by atoms with Crippen molar-refractivity contribution < 1.29 is 29.0 Å². The second-order valence-corrected chi connectivity index (χ2v) is 7.62. The summed E-state index contributed by atoms with van der Waals surface area (Å²) in [5, 5.41) is 12.9. The lowest BCUT2D eigenvalue weighted by atomic mass is 10.0. The Hall–Kier alpha value is -1.87. The smallest absolute Gasteiger partial charge is 0.408 e. The van der Waals surface area contributed by atoms with Gasteiger partial charge in [-0.25, -0.2) is 4.79 Å². The molecule has 1 unspecified atom stereocenters. The lowest BCUT2D eigenvalue weighted by molar-refractivity contribution is -0.167. The molecule has 0 bridgehead atoms. The first-order chi connectivity index (χ1) is 13.5. The molecule has 0 radical (unpaired) electrons. The summed E-state index contributed by atoms with van der Waals surface area (Å²) in [6.45, 7) is 13.3. The summed E-state index contributed by atoms with van der Waals surface area (Å²) in [7, 11) is 1.54. The normalized spacial score (nSPS) is 19.6. The molecule has 1 heterocycles. The van der Waals surface area contributed by atoms with Gasteiger partial charge < -0.3 is 24.4 Å². The van der Waals surface area contributed by atoms with Crippen molar-refractivity contribution in [1.29, 1.82) is 0 Å². The molecule has 0 aromatic carbocycles.